The summed E-state index contributed by atoms with van der Waals surface area (Å²) in [5.74, 6) is -0.118. The second-order valence-electron chi connectivity index (χ2n) is 4.00. The van der Waals surface area contributed by atoms with Crippen molar-refractivity contribution in [2.75, 3.05) is 5.73 Å². The molecule has 2 aromatic carbocycles. The number of nitro benzene ring substituents is 1. The van der Waals surface area contributed by atoms with Crippen molar-refractivity contribution in [2.45, 2.75) is 10.6 Å². The smallest absolute Gasteiger partial charge is 0.273 e. The summed E-state index contributed by atoms with van der Waals surface area (Å²) in [5, 5.41) is 11.3. The lowest BCUT2D eigenvalue weighted by Crippen LogP contribution is -1.95. The summed E-state index contributed by atoms with van der Waals surface area (Å²) in [4.78, 5) is 11.0. The molecule has 104 valence electrons. The molecule has 20 heavy (non-hydrogen) atoms. The molecule has 0 aliphatic heterocycles. The van der Waals surface area contributed by atoms with Gasteiger partial charge in [-0.15, -0.1) is 11.8 Å². The summed E-state index contributed by atoms with van der Waals surface area (Å²) in [6.45, 7) is 0. The van der Waals surface area contributed by atoms with Crippen LogP contribution in [0.15, 0.2) is 41.3 Å². The highest BCUT2D eigenvalue weighted by molar-refractivity contribution is 7.98. The van der Waals surface area contributed by atoms with Gasteiger partial charge in [-0.2, -0.15) is 0 Å². The van der Waals surface area contributed by atoms with Crippen LogP contribution in [0.25, 0.3) is 0 Å². The zero-order valence-corrected chi connectivity index (χ0v) is 11.7. The van der Waals surface area contributed by atoms with Crippen LogP contribution in [0.3, 0.4) is 0 Å². The number of benzene rings is 2. The standard InChI is InChI=1S/C13H10ClFN2O2S/c14-9-1-4-12(17(18)19)8(5-9)7-20-13-6-10(15)2-3-11(13)16/h1-6H,7,16H2. The summed E-state index contributed by atoms with van der Waals surface area (Å²) in [5.41, 5.74) is 6.62. The fourth-order valence-electron chi connectivity index (χ4n) is 1.64. The average Bonchev–Trinajstić information content (AvgIpc) is 2.39. The summed E-state index contributed by atoms with van der Waals surface area (Å²) in [7, 11) is 0. The van der Waals surface area contributed by atoms with Crippen molar-refractivity contribution in [2.24, 2.45) is 0 Å². The van der Waals surface area contributed by atoms with E-state index in [-0.39, 0.29) is 11.4 Å². The number of hydrogen-bond donors (Lipinski definition) is 1. The van der Waals surface area contributed by atoms with Gasteiger partial charge in [-0.05, 0) is 30.3 Å². The second-order valence-corrected chi connectivity index (χ2v) is 5.45. The Labute approximate surface area is 123 Å². The third-order valence-corrected chi connectivity index (χ3v) is 3.95. The average molecular weight is 313 g/mol. The molecule has 0 aliphatic rings. The molecule has 0 bridgehead atoms. The lowest BCUT2D eigenvalue weighted by Gasteiger charge is -2.06. The van der Waals surface area contributed by atoms with Crippen molar-refractivity contribution in [1.82, 2.24) is 0 Å². The minimum Gasteiger partial charge on any atom is -0.398 e. The molecule has 2 N–H and O–H groups in total. The minimum absolute atomic E-state index is 0.0168. The summed E-state index contributed by atoms with van der Waals surface area (Å²) < 4.78 is 13.1. The van der Waals surface area contributed by atoms with E-state index in [4.69, 9.17) is 17.3 Å². The number of halogens is 2. The predicted molar refractivity (Wildman–Crippen MR) is 78.5 cm³/mol. The molecule has 0 atom stereocenters. The number of nitrogens with zero attached hydrogens (tertiary/aromatic N) is 1. The Hall–Kier alpha value is -1.79. The van der Waals surface area contributed by atoms with Crippen molar-refractivity contribution >= 4 is 34.7 Å². The number of rotatable bonds is 4. The highest BCUT2D eigenvalue weighted by Gasteiger charge is 2.14. The molecule has 0 radical (unpaired) electrons. The lowest BCUT2D eigenvalue weighted by atomic mass is 10.2. The van der Waals surface area contributed by atoms with E-state index in [1.807, 2.05) is 0 Å². The molecular weight excluding hydrogens is 303 g/mol. The quantitative estimate of drug-likeness (QED) is 0.396. The van der Waals surface area contributed by atoms with E-state index in [2.05, 4.69) is 0 Å². The number of nitrogens with two attached hydrogens (primary N) is 1. The number of nitrogen functional groups attached to an aromatic ring is 1. The fourth-order valence-corrected chi connectivity index (χ4v) is 2.80. The van der Waals surface area contributed by atoms with Gasteiger partial charge < -0.3 is 5.73 Å². The van der Waals surface area contributed by atoms with Crippen LogP contribution in [-0.2, 0) is 5.75 Å². The van der Waals surface area contributed by atoms with Gasteiger partial charge >= 0.3 is 0 Å². The zero-order chi connectivity index (χ0) is 14.7. The summed E-state index contributed by atoms with van der Waals surface area (Å²) in [6.07, 6.45) is 0. The van der Waals surface area contributed by atoms with E-state index in [0.717, 1.165) is 0 Å². The molecule has 0 saturated heterocycles. The van der Waals surface area contributed by atoms with E-state index in [1.165, 1.54) is 48.2 Å². The maximum atomic E-state index is 13.1. The summed E-state index contributed by atoms with van der Waals surface area (Å²) in [6, 6.07) is 8.38. The molecule has 0 saturated carbocycles. The highest BCUT2D eigenvalue weighted by atomic mass is 35.5. The minimum atomic E-state index is -0.471. The monoisotopic (exact) mass is 312 g/mol. The molecule has 0 aliphatic carbocycles. The topological polar surface area (TPSA) is 69.2 Å². The molecule has 7 heteroatoms. The van der Waals surface area contributed by atoms with Crippen LogP contribution < -0.4 is 5.73 Å². The Kier molecular flexibility index (Phi) is 4.46. The largest absolute Gasteiger partial charge is 0.398 e. The first-order valence-corrected chi connectivity index (χ1v) is 6.94. The van der Waals surface area contributed by atoms with Crippen molar-refractivity contribution < 1.29 is 9.31 Å². The molecule has 0 heterocycles. The van der Waals surface area contributed by atoms with Gasteiger partial charge in [0.1, 0.15) is 5.82 Å². The lowest BCUT2D eigenvalue weighted by molar-refractivity contribution is -0.385. The first-order chi connectivity index (χ1) is 9.47. The Morgan fingerprint density at radius 2 is 2.05 bits per heavy atom. The van der Waals surface area contributed by atoms with Gasteiger partial charge in [0, 0.05) is 33.0 Å². The number of nitro groups is 1. The normalized spacial score (nSPS) is 10.5. The van der Waals surface area contributed by atoms with Gasteiger partial charge in [-0.25, -0.2) is 4.39 Å². The van der Waals surface area contributed by atoms with Crippen LogP contribution in [0.5, 0.6) is 0 Å². The second kappa shape index (κ2) is 6.11. The Morgan fingerprint density at radius 3 is 2.75 bits per heavy atom. The molecular formula is C13H10ClFN2O2S. The van der Waals surface area contributed by atoms with Gasteiger partial charge in [0.2, 0.25) is 0 Å². The number of hydrogen-bond acceptors (Lipinski definition) is 4. The molecule has 2 rings (SSSR count). The third kappa shape index (κ3) is 3.40. The van der Waals surface area contributed by atoms with Crippen molar-refractivity contribution in [3.63, 3.8) is 0 Å². The Morgan fingerprint density at radius 1 is 1.30 bits per heavy atom. The van der Waals surface area contributed by atoms with Gasteiger partial charge in [0.05, 0.1) is 4.92 Å². The highest BCUT2D eigenvalue weighted by Crippen LogP contribution is 2.32. The molecule has 4 nitrogen and oxygen atoms in total. The van der Waals surface area contributed by atoms with Crippen LogP contribution in [0.4, 0.5) is 15.8 Å². The SMILES string of the molecule is Nc1ccc(F)cc1SCc1cc(Cl)ccc1[N+](=O)[O-]. The van der Waals surface area contributed by atoms with E-state index in [1.54, 1.807) is 0 Å². The molecule has 2 aromatic rings. The molecule has 0 unspecified atom stereocenters. The Bertz CT molecular complexity index is 667. The Balaban J connectivity index is 2.24. The van der Waals surface area contributed by atoms with Crippen molar-refractivity contribution in [3.05, 3.63) is 62.9 Å². The molecule has 0 amide bonds. The van der Waals surface area contributed by atoms with Gasteiger partial charge in [-0.1, -0.05) is 11.6 Å². The fraction of sp³-hybridized carbons (Fsp3) is 0.0769. The van der Waals surface area contributed by atoms with E-state index in [9.17, 15) is 14.5 Å². The van der Waals surface area contributed by atoms with Crippen molar-refractivity contribution in [3.8, 4) is 0 Å². The predicted octanol–water partition coefficient (Wildman–Crippen LogP) is 4.26. The maximum absolute atomic E-state index is 13.1. The van der Waals surface area contributed by atoms with E-state index in [0.29, 0.717) is 21.2 Å². The maximum Gasteiger partial charge on any atom is 0.273 e. The first kappa shape index (κ1) is 14.6. The van der Waals surface area contributed by atoms with Gasteiger partial charge in [0.15, 0.2) is 0 Å². The van der Waals surface area contributed by atoms with E-state index >= 15 is 0 Å². The zero-order valence-electron chi connectivity index (χ0n) is 10.2. The van der Waals surface area contributed by atoms with Crippen LogP contribution in [-0.4, -0.2) is 4.92 Å². The van der Waals surface area contributed by atoms with Gasteiger partial charge in [-0.3, -0.25) is 10.1 Å². The van der Waals surface area contributed by atoms with E-state index < -0.39 is 10.7 Å². The first-order valence-electron chi connectivity index (χ1n) is 5.58. The van der Waals surface area contributed by atoms with Crippen LogP contribution in [0.2, 0.25) is 5.02 Å². The molecule has 0 aromatic heterocycles. The van der Waals surface area contributed by atoms with Crippen LogP contribution >= 0.6 is 23.4 Å². The van der Waals surface area contributed by atoms with Gasteiger partial charge in [0.25, 0.3) is 5.69 Å². The molecule has 0 fully saturated rings. The number of anilines is 1. The third-order valence-electron chi connectivity index (χ3n) is 2.60. The van der Waals surface area contributed by atoms with Crippen LogP contribution in [0, 0.1) is 15.9 Å². The molecule has 0 spiro atoms. The summed E-state index contributed by atoms with van der Waals surface area (Å²) >= 11 is 7.07. The van der Waals surface area contributed by atoms with Crippen LogP contribution in [0.1, 0.15) is 5.56 Å². The van der Waals surface area contributed by atoms with Crippen molar-refractivity contribution in [1.29, 1.82) is 0 Å². The number of thioether (sulfide) groups is 1.